The molecule has 11 nitrogen and oxygen atoms in total. The summed E-state index contributed by atoms with van der Waals surface area (Å²) in [7, 11) is 0.553. The maximum Gasteiger partial charge on any atom is 0.288 e. The summed E-state index contributed by atoms with van der Waals surface area (Å²) < 4.78 is 21.5. The Morgan fingerprint density at radius 3 is 2.76 bits per heavy atom. The lowest BCUT2D eigenvalue weighted by Crippen LogP contribution is -2.33. The second-order valence-electron chi connectivity index (χ2n) is 4.32. The molecule has 5 atom stereocenters. The third-order valence-corrected chi connectivity index (χ3v) is 3.27. The number of carbonyl (C=O) groups is 1. The summed E-state index contributed by atoms with van der Waals surface area (Å²) in [5.41, 5.74) is 4.99. The molecule has 2 radical (unpaired) electrons. The van der Waals surface area contributed by atoms with E-state index in [0.29, 0.717) is 0 Å². The minimum Gasteiger partial charge on any atom is -0.387 e. The zero-order valence-corrected chi connectivity index (χ0v) is 11.4. The number of hydrogen-bond donors (Lipinski definition) is 4. The van der Waals surface area contributed by atoms with Crippen LogP contribution in [-0.4, -0.2) is 68.3 Å². The number of primary amides is 1. The fourth-order valence-corrected chi connectivity index (χ4v) is 2.14. The van der Waals surface area contributed by atoms with Crippen molar-refractivity contribution in [3.8, 4) is 0 Å². The lowest BCUT2D eigenvalue weighted by atomic mass is 10.1. The Kier molecular flexibility index (Phi) is 4.47. The third kappa shape index (κ3) is 3.67. The molecular weight excluding hydrogens is 306 g/mol. The van der Waals surface area contributed by atoms with Crippen molar-refractivity contribution in [2.45, 2.75) is 24.5 Å². The molecule has 5 N–H and O–H groups in total. The molecule has 0 aliphatic carbocycles. The standard InChI is InChI=1S/C8H12BN4O7P/c9-21(17,18)19-1-3-4(14)5(15)8(20-3)13-2-11-7(12-13)6(10)16/h2-5,8,14-15H,1H2,(H2,10,16)(H,17,18). The summed E-state index contributed by atoms with van der Waals surface area (Å²) in [4.78, 5) is 23.3. The van der Waals surface area contributed by atoms with E-state index >= 15 is 0 Å². The van der Waals surface area contributed by atoms with Crippen LogP contribution < -0.4 is 5.73 Å². The lowest BCUT2D eigenvalue weighted by molar-refractivity contribution is -0.0560. The van der Waals surface area contributed by atoms with E-state index in [0.717, 1.165) is 11.0 Å². The van der Waals surface area contributed by atoms with Gasteiger partial charge in [0.2, 0.25) is 13.4 Å². The largest absolute Gasteiger partial charge is 0.387 e. The normalized spacial score (nSPS) is 32.0. The van der Waals surface area contributed by atoms with Gasteiger partial charge < -0.3 is 30.1 Å². The highest BCUT2D eigenvalue weighted by molar-refractivity contribution is 7.78. The van der Waals surface area contributed by atoms with Gasteiger partial charge in [-0.2, -0.15) is 0 Å². The highest BCUT2D eigenvalue weighted by atomic mass is 31.2. The molecule has 114 valence electrons. The highest BCUT2D eigenvalue weighted by Crippen LogP contribution is 2.37. The first-order valence-corrected chi connectivity index (χ1v) is 7.32. The van der Waals surface area contributed by atoms with E-state index in [-0.39, 0.29) is 5.82 Å². The Morgan fingerprint density at radius 1 is 1.57 bits per heavy atom. The van der Waals surface area contributed by atoms with Crippen molar-refractivity contribution in [2.24, 2.45) is 5.73 Å². The minimum absolute atomic E-state index is 0.290. The number of hydrogen-bond acceptors (Lipinski definition) is 8. The van der Waals surface area contributed by atoms with E-state index in [1.807, 2.05) is 0 Å². The average molecular weight is 318 g/mol. The number of amides is 1. The van der Waals surface area contributed by atoms with Crippen LogP contribution in [0, 0.1) is 0 Å². The Balaban J connectivity index is 2.08. The minimum atomic E-state index is -4.23. The van der Waals surface area contributed by atoms with Gasteiger partial charge in [-0.1, -0.05) is 0 Å². The summed E-state index contributed by atoms with van der Waals surface area (Å²) in [6, 6.07) is 0. The number of aromatic nitrogens is 3. The molecular formula is C8H12BN4O7P. The van der Waals surface area contributed by atoms with E-state index in [2.05, 4.69) is 14.6 Å². The van der Waals surface area contributed by atoms with Crippen LogP contribution >= 0.6 is 7.47 Å². The fraction of sp³-hybridized carbons (Fsp3) is 0.625. The average Bonchev–Trinajstić information content (AvgIpc) is 2.94. The summed E-state index contributed by atoms with van der Waals surface area (Å²) in [5, 5.41) is 23.3. The number of rotatable bonds is 5. The monoisotopic (exact) mass is 318 g/mol. The summed E-state index contributed by atoms with van der Waals surface area (Å²) in [6.07, 6.45) is -4.02. The van der Waals surface area contributed by atoms with Crippen molar-refractivity contribution in [3.05, 3.63) is 12.2 Å². The third-order valence-electron chi connectivity index (χ3n) is 2.75. The summed E-state index contributed by atoms with van der Waals surface area (Å²) in [5.74, 6) is -1.16. The van der Waals surface area contributed by atoms with Crippen LogP contribution in [0.3, 0.4) is 0 Å². The molecule has 1 amide bonds. The number of aliphatic hydroxyl groups is 2. The maximum atomic E-state index is 10.9. The van der Waals surface area contributed by atoms with Crippen molar-refractivity contribution in [1.82, 2.24) is 14.8 Å². The fourth-order valence-electron chi connectivity index (χ4n) is 1.78. The molecule has 0 saturated carbocycles. The van der Waals surface area contributed by atoms with Crippen LogP contribution in [0.15, 0.2) is 6.33 Å². The van der Waals surface area contributed by atoms with E-state index in [4.69, 9.17) is 22.9 Å². The Morgan fingerprint density at radius 2 is 2.24 bits per heavy atom. The molecule has 2 rings (SSSR count). The van der Waals surface area contributed by atoms with Crippen LogP contribution in [0.5, 0.6) is 0 Å². The van der Waals surface area contributed by atoms with Crippen molar-refractivity contribution in [3.63, 3.8) is 0 Å². The van der Waals surface area contributed by atoms with Gasteiger partial charge in [0.05, 0.1) is 6.61 Å². The van der Waals surface area contributed by atoms with E-state index in [1.54, 1.807) is 0 Å². The first kappa shape index (κ1) is 16.1. The predicted octanol–water partition coefficient (Wildman–Crippen LogP) is -2.72. The smallest absolute Gasteiger partial charge is 0.288 e. The van der Waals surface area contributed by atoms with Crippen LogP contribution in [0.1, 0.15) is 16.8 Å². The first-order chi connectivity index (χ1) is 9.69. The first-order valence-electron chi connectivity index (χ1n) is 5.67. The van der Waals surface area contributed by atoms with Crippen LogP contribution in [-0.2, 0) is 13.8 Å². The Labute approximate surface area is 119 Å². The van der Waals surface area contributed by atoms with Crippen LogP contribution in [0.4, 0.5) is 0 Å². The van der Waals surface area contributed by atoms with Crippen molar-refractivity contribution < 1.29 is 33.7 Å². The molecule has 2 heterocycles. The molecule has 1 aliphatic heterocycles. The molecule has 1 aromatic rings. The van der Waals surface area contributed by atoms with Gasteiger partial charge in [0, 0.05) is 0 Å². The van der Waals surface area contributed by atoms with Gasteiger partial charge in [0.1, 0.15) is 24.6 Å². The molecule has 0 aromatic carbocycles. The summed E-state index contributed by atoms with van der Waals surface area (Å²) >= 11 is 0. The quantitative estimate of drug-likeness (QED) is 0.332. The van der Waals surface area contributed by atoms with Gasteiger partial charge >= 0.3 is 0 Å². The van der Waals surface area contributed by atoms with Gasteiger partial charge in [-0.25, -0.2) is 9.67 Å². The topological polar surface area (TPSA) is 170 Å². The Bertz CT molecular complexity index is 577. The van der Waals surface area contributed by atoms with Gasteiger partial charge in [-0.3, -0.25) is 9.36 Å². The van der Waals surface area contributed by atoms with Crippen molar-refractivity contribution in [1.29, 1.82) is 0 Å². The highest BCUT2D eigenvalue weighted by Gasteiger charge is 2.44. The number of aliphatic hydroxyl groups excluding tert-OH is 2. The van der Waals surface area contributed by atoms with Crippen molar-refractivity contribution in [2.75, 3.05) is 6.61 Å². The zero-order valence-electron chi connectivity index (χ0n) is 10.5. The van der Waals surface area contributed by atoms with Gasteiger partial charge in [-0.15, -0.1) is 5.10 Å². The summed E-state index contributed by atoms with van der Waals surface area (Å²) in [6.45, 7) is -0.517. The molecule has 1 fully saturated rings. The maximum absolute atomic E-state index is 10.9. The molecule has 1 aliphatic rings. The van der Waals surface area contributed by atoms with Crippen LogP contribution in [0.2, 0.25) is 0 Å². The van der Waals surface area contributed by atoms with E-state index in [1.165, 1.54) is 0 Å². The number of carbonyl (C=O) groups excluding carboxylic acids is 1. The van der Waals surface area contributed by atoms with Gasteiger partial charge in [-0.05, 0) is 0 Å². The lowest BCUT2D eigenvalue weighted by Gasteiger charge is -2.15. The SMILES string of the molecule is [B]P(=O)(O)OCC1OC(n2cnc(C(N)=O)n2)C(O)C1O. The molecule has 1 aromatic heterocycles. The second kappa shape index (κ2) is 5.83. The van der Waals surface area contributed by atoms with E-state index in [9.17, 15) is 19.6 Å². The number of nitrogens with two attached hydrogens (primary N) is 1. The number of ether oxygens (including phenoxy) is 1. The molecule has 13 heteroatoms. The Hall–Kier alpha value is -1.30. The molecule has 0 bridgehead atoms. The second-order valence-corrected chi connectivity index (χ2v) is 5.71. The molecule has 1 saturated heterocycles. The molecule has 0 spiro atoms. The van der Waals surface area contributed by atoms with Crippen molar-refractivity contribution >= 4 is 20.9 Å². The predicted molar refractivity (Wildman–Crippen MR) is 66.0 cm³/mol. The zero-order chi connectivity index (χ0) is 15.8. The van der Waals surface area contributed by atoms with Gasteiger partial charge in [0.15, 0.2) is 6.23 Å². The molecule has 5 unspecified atom stereocenters. The number of nitrogens with zero attached hydrogens (tertiary/aromatic N) is 3. The van der Waals surface area contributed by atoms with Gasteiger partial charge in [0.25, 0.3) is 13.4 Å². The van der Waals surface area contributed by atoms with Crippen LogP contribution in [0.25, 0.3) is 0 Å². The van der Waals surface area contributed by atoms with E-state index < -0.39 is 44.5 Å². The molecule has 21 heavy (non-hydrogen) atoms.